The van der Waals surface area contributed by atoms with E-state index >= 15 is 0 Å². The van der Waals surface area contributed by atoms with Crippen molar-refractivity contribution >= 4 is 0 Å². The van der Waals surface area contributed by atoms with Crippen LogP contribution in [0.1, 0.15) is 35.7 Å². The first-order valence-electron chi connectivity index (χ1n) is 6.75. The molecule has 0 bridgehead atoms. The first-order valence-corrected chi connectivity index (χ1v) is 6.75. The van der Waals surface area contributed by atoms with Crippen molar-refractivity contribution in [2.24, 2.45) is 14.1 Å². The van der Waals surface area contributed by atoms with E-state index in [1.54, 1.807) is 7.05 Å². The van der Waals surface area contributed by atoms with Gasteiger partial charge < -0.3 is 9.84 Å². The predicted molar refractivity (Wildman–Crippen MR) is 78.2 cm³/mol. The third kappa shape index (κ3) is 2.82. The molecule has 2 rings (SSSR count). The molecule has 0 fully saturated rings. The van der Waals surface area contributed by atoms with Crippen molar-refractivity contribution in [2.75, 3.05) is 0 Å². The van der Waals surface area contributed by atoms with Gasteiger partial charge in [-0.05, 0) is 20.8 Å². The average molecular weight is 292 g/mol. The van der Waals surface area contributed by atoms with Gasteiger partial charge in [-0.3, -0.25) is 13.9 Å². The van der Waals surface area contributed by atoms with Gasteiger partial charge in [0, 0.05) is 44.0 Å². The smallest absolute Gasteiger partial charge is 0.330 e. The largest absolute Gasteiger partial charge is 0.361 e. The van der Waals surface area contributed by atoms with Gasteiger partial charge in [-0.25, -0.2) is 4.79 Å². The highest BCUT2D eigenvalue weighted by Gasteiger charge is 2.16. The molecule has 0 saturated heterocycles. The quantitative estimate of drug-likeness (QED) is 0.889. The average Bonchev–Trinajstić information content (AvgIpc) is 2.78. The van der Waals surface area contributed by atoms with Gasteiger partial charge in [-0.2, -0.15) is 0 Å². The molecule has 7 nitrogen and oxygen atoms in total. The van der Waals surface area contributed by atoms with Crippen LogP contribution in [0, 0.1) is 13.8 Å². The van der Waals surface area contributed by atoms with E-state index in [1.807, 2.05) is 20.8 Å². The van der Waals surface area contributed by atoms with Gasteiger partial charge in [0.25, 0.3) is 5.56 Å². The Morgan fingerprint density at radius 2 is 1.95 bits per heavy atom. The van der Waals surface area contributed by atoms with E-state index in [-0.39, 0.29) is 17.3 Å². The second-order valence-electron chi connectivity index (χ2n) is 5.21. The standard InChI is InChI=1S/C14H20N4O3/c1-8(13-9(2)16-21-10(13)3)15-7-11-6-12(19)18(5)14(20)17(11)4/h6,8,15H,7H2,1-5H3. The number of aromatic nitrogens is 3. The van der Waals surface area contributed by atoms with E-state index in [2.05, 4.69) is 10.5 Å². The zero-order chi connectivity index (χ0) is 15.7. The summed E-state index contributed by atoms with van der Waals surface area (Å²) in [6.07, 6.45) is 0. The summed E-state index contributed by atoms with van der Waals surface area (Å²) >= 11 is 0. The first kappa shape index (κ1) is 15.2. The van der Waals surface area contributed by atoms with Crippen molar-refractivity contribution in [1.82, 2.24) is 19.6 Å². The maximum atomic E-state index is 11.9. The van der Waals surface area contributed by atoms with Crippen LogP contribution in [0.25, 0.3) is 0 Å². The summed E-state index contributed by atoms with van der Waals surface area (Å²) in [7, 11) is 3.12. The lowest BCUT2D eigenvalue weighted by Crippen LogP contribution is -2.39. The Labute approximate surface area is 122 Å². The van der Waals surface area contributed by atoms with Crippen LogP contribution in [0.3, 0.4) is 0 Å². The number of nitrogens with one attached hydrogen (secondary N) is 1. The third-order valence-electron chi connectivity index (χ3n) is 3.74. The van der Waals surface area contributed by atoms with Gasteiger partial charge in [0.15, 0.2) is 0 Å². The predicted octanol–water partition coefficient (Wildman–Crippen LogP) is 0.540. The molecule has 0 spiro atoms. The van der Waals surface area contributed by atoms with Crippen LogP contribution in [0.4, 0.5) is 0 Å². The van der Waals surface area contributed by atoms with Gasteiger partial charge in [0.2, 0.25) is 0 Å². The van der Waals surface area contributed by atoms with Crippen molar-refractivity contribution in [3.8, 4) is 0 Å². The number of hydrogen-bond acceptors (Lipinski definition) is 5. The number of aryl methyl sites for hydroxylation is 2. The molecule has 114 valence electrons. The lowest BCUT2D eigenvalue weighted by Gasteiger charge is -2.15. The normalized spacial score (nSPS) is 12.6. The van der Waals surface area contributed by atoms with Crippen molar-refractivity contribution < 1.29 is 4.52 Å². The zero-order valence-electron chi connectivity index (χ0n) is 12.9. The third-order valence-corrected chi connectivity index (χ3v) is 3.74. The summed E-state index contributed by atoms with van der Waals surface area (Å²) in [6.45, 7) is 6.15. The molecule has 0 radical (unpaired) electrons. The minimum absolute atomic E-state index is 0.00964. The van der Waals surface area contributed by atoms with Crippen molar-refractivity contribution in [3.05, 3.63) is 49.6 Å². The molecule has 2 aromatic heterocycles. The van der Waals surface area contributed by atoms with Gasteiger partial charge in [-0.1, -0.05) is 5.16 Å². The molecule has 1 atom stereocenters. The minimum atomic E-state index is -0.329. The van der Waals surface area contributed by atoms with E-state index in [1.165, 1.54) is 17.7 Å². The lowest BCUT2D eigenvalue weighted by atomic mass is 10.1. The van der Waals surface area contributed by atoms with Crippen LogP contribution >= 0.6 is 0 Å². The van der Waals surface area contributed by atoms with Crippen LogP contribution in [-0.2, 0) is 20.6 Å². The molecule has 21 heavy (non-hydrogen) atoms. The van der Waals surface area contributed by atoms with Gasteiger partial charge >= 0.3 is 5.69 Å². The van der Waals surface area contributed by atoms with Gasteiger partial charge in [0.05, 0.1) is 5.69 Å². The van der Waals surface area contributed by atoms with E-state index in [4.69, 9.17) is 4.52 Å². The van der Waals surface area contributed by atoms with Crippen molar-refractivity contribution in [1.29, 1.82) is 0 Å². The van der Waals surface area contributed by atoms with E-state index in [0.29, 0.717) is 12.2 Å². The number of hydrogen-bond donors (Lipinski definition) is 1. The molecule has 2 heterocycles. The minimum Gasteiger partial charge on any atom is -0.361 e. The van der Waals surface area contributed by atoms with E-state index in [0.717, 1.165) is 21.6 Å². The molecule has 0 aliphatic rings. The van der Waals surface area contributed by atoms with Crippen molar-refractivity contribution in [3.63, 3.8) is 0 Å². The Hall–Kier alpha value is -2.15. The van der Waals surface area contributed by atoms with Crippen LogP contribution in [0.15, 0.2) is 20.2 Å². The number of nitrogens with zero attached hydrogens (tertiary/aromatic N) is 3. The zero-order valence-corrected chi connectivity index (χ0v) is 12.9. The first-order chi connectivity index (χ1) is 9.82. The molecular formula is C14H20N4O3. The molecule has 1 unspecified atom stereocenters. The fourth-order valence-corrected chi connectivity index (χ4v) is 2.42. The highest BCUT2D eigenvalue weighted by atomic mass is 16.5. The van der Waals surface area contributed by atoms with Gasteiger partial charge in [-0.15, -0.1) is 0 Å². The molecule has 0 aliphatic carbocycles. The maximum Gasteiger partial charge on any atom is 0.330 e. The van der Waals surface area contributed by atoms with Crippen LogP contribution in [0.5, 0.6) is 0 Å². The van der Waals surface area contributed by atoms with E-state index in [9.17, 15) is 9.59 Å². The second kappa shape index (κ2) is 5.69. The maximum absolute atomic E-state index is 11.9. The Kier molecular flexibility index (Phi) is 4.13. The van der Waals surface area contributed by atoms with Crippen LogP contribution < -0.4 is 16.6 Å². The SMILES string of the molecule is Cc1noc(C)c1C(C)NCc1cc(=O)n(C)c(=O)n1C. The van der Waals surface area contributed by atoms with Crippen LogP contribution in [-0.4, -0.2) is 14.3 Å². The molecule has 0 aliphatic heterocycles. The lowest BCUT2D eigenvalue weighted by molar-refractivity contribution is 0.390. The Balaban J connectivity index is 2.21. The molecule has 0 saturated carbocycles. The molecule has 0 amide bonds. The Morgan fingerprint density at radius 1 is 1.29 bits per heavy atom. The topological polar surface area (TPSA) is 82.1 Å². The second-order valence-corrected chi connectivity index (χ2v) is 5.21. The van der Waals surface area contributed by atoms with Crippen molar-refractivity contribution in [2.45, 2.75) is 33.4 Å². The molecule has 1 N–H and O–H groups in total. The van der Waals surface area contributed by atoms with Gasteiger partial charge in [0.1, 0.15) is 5.76 Å². The fourth-order valence-electron chi connectivity index (χ4n) is 2.42. The summed E-state index contributed by atoms with van der Waals surface area (Å²) in [6, 6.07) is 1.48. The Bertz CT molecular complexity index is 750. The highest BCUT2D eigenvalue weighted by molar-refractivity contribution is 5.24. The monoisotopic (exact) mass is 292 g/mol. The fraction of sp³-hybridized carbons (Fsp3) is 0.500. The molecule has 2 aromatic rings. The summed E-state index contributed by atoms with van der Waals surface area (Å²) < 4.78 is 7.70. The summed E-state index contributed by atoms with van der Waals surface area (Å²) in [4.78, 5) is 23.6. The summed E-state index contributed by atoms with van der Waals surface area (Å²) in [5.74, 6) is 0.769. The number of rotatable bonds is 4. The highest BCUT2D eigenvalue weighted by Crippen LogP contribution is 2.20. The molecule has 0 aromatic carbocycles. The Morgan fingerprint density at radius 3 is 2.52 bits per heavy atom. The van der Waals surface area contributed by atoms with Crippen LogP contribution in [0.2, 0.25) is 0 Å². The molecule has 7 heteroatoms. The molecular weight excluding hydrogens is 272 g/mol. The van der Waals surface area contributed by atoms with E-state index < -0.39 is 0 Å². The summed E-state index contributed by atoms with van der Waals surface area (Å²) in [5.41, 5.74) is 1.85. The summed E-state index contributed by atoms with van der Waals surface area (Å²) in [5, 5.41) is 7.22.